The zero-order chi connectivity index (χ0) is 22.8. The summed E-state index contributed by atoms with van der Waals surface area (Å²) in [5.74, 6) is -3.34. The SMILES string of the molecule is NC(=O)CC[C@@H]1NC(=O)CC[C@@H](C(=O)O)NC(=O)c2ccccc2OCCCNC1=O. The van der Waals surface area contributed by atoms with Gasteiger partial charge in [0.25, 0.3) is 5.91 Å². The van der Waals surface area contributed by atoms with Gasteiger partial charge in [-0.15, -0.1) is 0 Å². The normalized spacial score (nSPS) is 21.0. The van der Waals surface area contributed by atoms with Gasteiger partial charge < -0.3 is 31.5 Å². The summed E-state index contributed by atoms with van der Waals surface area (Å²) in [6, 6.07) is 4.07. The van der Waals surface area contributed by atoms with E-state index in [1.807, 2.05) is 0 Å². The van der Waals surface area contributed by atoms with Gasteiger partial charge in [0, 0.05) is 19.4 Å². The molecule has 0 saturated heterocycles. The monoisotopic (exact) mass is 434 g/mol. The van der Waals surface area contributed by atoms with E-state index in [-0.39, 0.29) is 50.1 Å². The van der Waals surface area contributed by atoms with Gasteiger partial charge in [-0.2, -0.15) is 0 Å². The van der Waals surface area contributed by atoms with Crippen LogP contribution in [0.4, 0.5) is 0 Å². The van der Waals surface area contributed by atoms with Crippen LogP contribution in [-0.4, -0.2) is 59.9 Å². The fourth-order valence-electron chi connectivity index (χ4n) is 2.96. The highest BCUT2D eigenvalue weighted by Gasteiger charge is 2.26. The average molecular weight is 434 g/mol. The van der Waals surface area contributed by atoms with E-state index >= 15 is 0 Å². The molecule has 1 aromatic rings. The van der Waals surface area contributed by atoms with Crippen molar-refractivity contribution in [1.82, 2.24) is 16.0 Å². The molecule has 1 aromatic carbocycles. The molecule has 4 amide bonds. The number of primary amides is 1. The molecule has 1 aliphatic heterocycles. The standard InChI is InChI=1S/C20H26N4O7/c21-16(25)8-6-13-19(28)22-10-3-11-31-15-5-2-1-4-12(15)18(27)24-14(20(29)30)7-9-17(26)23-13/h1-2,4-5,13-14H,3,6-11H2,(H2,21,25)(H,22,28)(H,23,26)(H,24,27)(H,29,30)/t13-,14-/m0/s1. The van der Waals surface area contributed by atoms with Crippen molar-refractivity contribution in [2.45, 2.75) is 44.2 Å². The Bertz CT molecular complexity index is 843. The highest BCUT2D eigenvalue weighted by Crippen LogP contribution is 2.18. The maximum absolute atomic E-state index is 12.6. The number of para-hydroxylation sites is 1. The third-order valence-corrected chi connectivity index (χ3v) is 4.60. The molecule has 0 saturated carbocycles. The molecule has 0 radical (unpaired) electrons. The summed E-state index contributed by atoms with van der Waals surface area (Å²) in [7, 11) is 0. The number of nitrogens with one attached hydrogen (secondary N) is 3. The number of fused-ring (bicyclic) bond motifs is 1. The number of nitrogens with two attached hydrogens (primary N) is 1. The largest absolute Gasteiger partial charge is 0.493 e. The van der Waals surface area contributed by atoms with E-state index in [4.69, 9.17) is 10.5 Å². The van der Waals surface area contributed by atoms with Crippen molar-refractivity contribution >= 4 is 29.6 Å². The molecule has 0 spiro atoms. The zero-order valence-electron chi connectivity index (χ0n) is 16.9. The van der Waals surface area contributed by atoms with Crippen molar-refractivity contribution in [3.05, 3.63) is 29.8 Å². The van der Waals surface area contributed by atoms with E-state index in [1.54, 1.807) is 18.2 Å². The lowest BCUT2D eigenvalue weighted by atomic mass is 10.1. The fraction of sp³-hybridized carbons (Fsp3) is 0.450. The molecule has 11 heteroatoms. The molecule has 6 N–H and O–H groups in total. The first-order chi connectivity index (χ1) is 14.8. The number of carbonyl (C=O) groups excluding carboxylic acids is 4. The maximum Gasteiger partial charge on any atom is 0.326 e. The van der Waals surface area contributed by atoms with E-state index in [9.17, 15) is 29.1 Å². The van der Waals surface area contributed by atoms with Crippen molar-refractivity contribution < 1.29 is 33.8 Å². The van der Waals surface area contributed by atoms with Crippen LogP contribution < -0.4 is 26.4 Å². The molecule has 1 aliphatic rings. The van der Waals surface area contributed by atoms with Crippen molar-refractivity contribution in [3.8, 4) is 5.75 Å². The van der Waals surface area contributed by atoms with Gasteiger partial charge in [-0.25, -0.2) is 4.79 Å². The summed E-state index contributed by atoms with van der Waals surface area (Å²) in [6.45, 7) is 0.433. The van der Waals surface area contributed by atoms with Crippen molar-refractivity contribution in [1.29, 1.82) is 0 Å². The Morgan fingerprint density at radius 1 is 1.16 bits per heavy atom. The minimum Gasteiger partial charge on any atom is -0.493 e. The number of ether oxygens (including phenoxy) is 1. The van der Waals surface area contributed by atoms with Crippen LogP contribution in [0.2, 0.25) is 0 Å². The van der Waals surface area contributed by atoms with Crippen LogP contribution in [0.25, 0.3) is 0 Å². The maximum atomic E-state index is 12.6. The smallest absolute Gasteiger partial charge is 0.326 e. The predicted octanol–water partition coefficient (Wildman–Crippen LogP) is -0.701. The van der Waals surface area contributed by atoms with E-state index in [2.05, 4.69) is 16.0 Å². The number of carboxylic acid groups (broad SMARTS) is 1. The lowest BCUT2D eigenvalue weighted by Gasteiger charge is -2.20. The molecule has 168 valence electrons. The quantitative estimate of drug-likeness (QED) is 0.416. The van der Waals surface area contributed by atoms with Crippen LogP contribution in [0, 0.1) is 0 Å². The second-order valence-electron chi connectivity index (χ2n) is 7.02. The minimum atomic E-state index is -1.32. The molecule has 0 fully saturated rings. The number of amides is 4. The van der Waals surface area contributed by atoms with Crippen molar-refractivity contribution in [3.63, 3.8) is 0 Å². The molecule has 2 atom stereocenters. The fourth-order valence-corrected chi connectivity index (χ4v) is 2.96. The van der Waals surface area contributed by atoms with Gasteiger partial charge in [0.05, 0.1) is 12.2 Å². The number of hydrogen-bond donors (Lipinski definition) is 5. The van der Waals surface area contributed by atoms with Crippen molar-refractivity contribution in [2.24, 2.45) is 5.73 Å². The van der Waals surface area contributed by atoms with Gasteiger partial charge in [-0.3, -0.25) is 19.2 Å². The molecule has 0 bridgehead atoms. The predicted molar refractivity (Wildman–Crippen MR) is 108 cm³/mol. The third kappa shape index (κ3) is 7.61. The molecule has 2 rings (SSSR count). The highest BCUT2D eigenvalue weighted by atomic mass is 16.5. The Labute approximate surface area is 178 Å². The first-order valence-electron chi connectivity index (χ1n) is 9.88. The zero-order valence-corrected chi connectivity index (χ0v) is 16.9. The topological polar surface area (TPSA) is 177 Å². The molecule has 1 heterocycles. The van der Waals surface area contributed by atoms with Gasteiger partial charge in [0.1, 0.15) is 17.8 Å². The van der Waals surface area contributed by atoms with Gasteiger partial charge in [0.2, 0.25) is 17.7 Å². The Morgan fingerprint density at radius 2 is 1.90 bits per heavy atom. The van der Waals surface area contributed by atoms with Crippen LogP contribution in [0.5, 0.6) is 5.75 Å². The number of aliphatic carboxylic acids is 1. The van der Waals surface area contributed by atoms with Crippen LogP contribution in [0.15, 0.2) is 24.3 Å². The Hall–Kier alpha value is -3.63. The molecule has 11 nitrogen and oxygen atoms in total. The van der Waals surface area contributed by atoms with Gasteiger partial charge in [-0.05, 0) is 31.4 Å². The van der Waals surface area contributed by atoms with Crippen LogP contribution in [0.3, 0.4) is 0 Å². The Morgan fingerprint density at radius 3 is 2.61 bits per heavy atom. The number of hydrogen-bond acceptors (Lipinski definition) is 6. The first-order valence-corrected chi connectivity index (χ1v) is 9.88. The first kappa shape index (κ1) is 23.6. The van der Waals surface area contributed by atoms with E-state index in [0.29, 0.717) is 6.42 Å². The lowest BCUT2D eigenvalue weighted by molar-refractivity contribution is -0.139. The molecular formula is C20H26N4O7. The van der Waals surface area contributed by atoms with Crippen molar-refractivity contribution in [2.75, 3.05) is 13.2 Å². The molecular weight excluding hydrogens is 408 g/mol. The minimum absolute atomic E-state index is 0.00980. The van der Waals surface area contributed by atoms with Crippen LogP contribution >= 0.6 is 0 Å². The molecule has 31 heavy (non-hydrogen) atoms. The van der Waals surface area contributed by atoms with E-state index in [1.165, 1.54) is 6.07 Å². The molecule has 0 unspecified atom stereocenters. The van der Waals surface area contributed by atoms with Gasteiger partial charge in [-0.1, -0.05) is 12.1 Å². The Balaban J connectivity index is 2.20. The number of rotatable bonds is 4. The van der Waals surface area contributed by atoms with Gasteiger partial charge >= 0.3 is 5.97 Å². The number of benzene rings is 1. The molecule has 0 aromatic heterocycles. The summed E-state index contributed by atoms with van der Waals surface area (Å²) >= 11 is 0. The molecule has 0 aliphatic carbocycles. The summed E-state index contributed by atoms with van der Waals surface area (Å²) in [5, 5.41) is 17.0. The summed E-state index contributed by atoms with van der Waals surface area (Å²) in [5.41, 5.74) is 5.30. The number of carbonyl (C=O) groups is 5. The van der Waals surface area contributed by atoms with Crippen LogP contribution in [-0.2, 0) is 19.2 Å². The van der Waals surface area contributed by atoms with Crippen LogP contribution in [0.1, 0.15) is 42.5 Å². The lowest BCUT2D eigenvalue weighted by Crippen LogP contribution is -2.48. The van der Waals surface area contributed by atoms with Gasteiger partial charge in [0.15, 0.2) is 0 Å². The average Bonchev–Trinajstić information content (AvgIpc) is 2.72. The summed E-state index contributed by atoms with van der Waals surface area (Å²) in [6.07, 6.45) is -0.131. The second-order valence-corrected chi connectivity index (χ2v) is 7.02. The Kier molecular flexibility index (Phi) is 8.79. The summed E-state index contributed by atoms with van der Waals surface area (Å²) < 4.78 is 5.62. The second kappa shape index (κ2) is 11.5. The number of carboxylic acids is 1. The highest BCUT2D eigenvalue weighted by molar-refractivity contribution is 5.99. The third-order valence-electron chi connectivity index (χ3n) is 4.60. The summed E-state index contributed by atoms with van der Waals surface area (Å²) in [4.78, 5) is 59.9. The van der Waals surface area contributed by atoms with E-state index in [0.717, 1.165) is 0 Å². The van der Waals surface area contributed by atoms with E-state index < -0.39 is 41.7 Å².